The Balaban J connectivity index is 2.54. The Morgan fingerprint density at radius 3 is 1.80 bits per heavy atom. The molecule has 1 fully saturated rings. The van der Waals surface area contributed by atoms with Crippen LogP contribution in [0.25, 0.3) is 0 Å². The average Bonchev–Trinajstić information content (AvgIpc) is 2.00. The Labute approximate surface area is 95.3 Å². The lowest BCUT2D eigenvalue weighted by Gasteiger charge is -2.41. The Kier molecular flexibility index (Phi) is 3.86. The first-order chi connectivity index (χ1) is 6.71. The van der Waals surface area contributed by atoms with Crippen molar-refractivity contribution in [2.45, 2.75) is 72.8 Å². The van der Waals surface area contributed by atoms with Gasteiger partial charge in [-0.2, -0.15) is 0 Å². The molecule has 0 amide bonds. The van der Waals surface area contributed by atoms with Crippen molar-refractivity contribution in [1.29, 1.82) is 0 Å². The van der Waals surface area contributed by atoms with Crippen LogP contribution in [-0.4, -0.2) is 6.10 Å². The summed E-state index contributed by atoms with van der Waals surface area (Å²) < 4.78 is 0. The minimum absolute atomic E-state index is 0.272. The van der Waals surface area contributed by atoms with E-state index in [4.69, 9.17) is 0 Å². The highest BCUT2D eigenvalue weighted by Gasteiger charge is 2.35. The van der Waals surface area contributed by atoms with E-state index in [1.54, 1.807) is 0 Å². The molecule has 0 aliphatic heterocycles. The van der Waals surface area contributed by atoms with Gasteiger partial charge in [-0.3, -0.25) is 0 Å². The van der Waals surface area contributed by atoms with Crippen LogP contribution in [0.4, 0.5) is 0 Å². The lowest BCUT2D eigenvalue weighted by molar-refractivity contribution is 0.00921. The van der Waals surface area contributed by atoms with Crippen LogP contribution in [-0.2, 0) is 5.11 Å². The summed E-state index contributed by atoms with van der Waals surface area (Å²) >= 11 is 0. The molecule has 0 N–H and O–H groups in total. The molecule has 89 valence electrons. The van der Waals surface area contributed by atoms with Crippen molar-refractivity contribution in [3.05, 3.63) is 0 Å². The van der Waals surface area contributed by atoms with E-state index in [1.165, 1.54) is 6.42 Å². The molecule has 0 aromatic carbocycles. The van der Waals surface area contributed by atoms with E-state index in [1.807, 2.05) is 0 Å². The second-order valence-corrected chi connectivity index (χ2v) is 7.20. The number of hydrogen-bond donors (Lipinski definition) is 0. The monoisotopic (exact) mass is 211 g/mol. The molecule has 1 nitrogen and oxygen atoms in total. The van der Waals surface area contributed by atoms with Crippen LogP contribution in [0, 0.1) is 16.7 Å². The minimum Gasteiger partial charge on any atom is -0.233 e. The standard InChI is InChI=1S/C14H27O/c1-13(2,3)10-14(4,5)11-6-8-12(15)9-7-11/h11-12H,6-10H2,1-5H3. The summed E-state index contributed by atoms with van der Waals surface area (Å²) in [5.74, 6) is 0.766. The highest BCUT2D eigenvalue weighted by Crippen LogP contribution is 2.45. The van der Waals surface area contributed by atoms with Crippen LogP contribution in [0.1, 0.15) is 66.7 Å². The van der Waals surface area contributed by atoms with Crippen molar-refractivity contribution in [2.24, 2.45) is 16.7 Å². The molecule has 0 aromatic heterocycles. The molecule has 1 heteroatoms. The smallest absolute Gasteiger partial charge is 0.0930 e. The quantitative estimate of drug-likeness (QED) is 0.643. The van der Waals surface area contributed by atoms with Gasteiger partial charge in [-0.25, -0.2) is 5.11 Å². The Morgan fingerprint density at radius 1 is 0.933 bits per heavy atom. The molecule has 1 aliphatic carbocycles. The highest BCUT2D eigenvalue weighted by molar-refractivity contribution is 4.86. The van der Waals surface area contributed by atoms with Gasteiger partial charge in [0.05, 0.1) is 6.10 Å². The molecular weight excluding hydrogens is 184 g/mol. The third-order valence-electron chi connectivity index (χ3n) is 3.77. The van der Waals surface area contributed by atoms with Crippen molar-refractivity contribution >= 4 is 0 Å². The second kappa shape index (κ2) is 4.45. The Morgan fingerprint density at radius 2 is 1.40 bits per heavy atom. The Hall–Kier alpha value is -0.0400. The summed E-state index contributed by atoms with van der Waals surface area (Å²) in [4.78, 5) is 0. The Bertz CT molecular complexity index is 192. The fraction of sp³-hybridized carbons (Fsp3) is 1.00. The van der Waals surface area contributed by atoms with Crippen molar-refractivity contribution in [1.82, 2.24) is 0 Å². The third kappa shape index (κ3) is 4.14. The molecule has 1 radical (unpaired) electrons. The fourth-order valence-electron chi connectivity index (χ4n) is 3.36. The second-order valence-electron chi connectivity index (χ2n) is 7.20. The predicted molar refractivity (Wildman–Crippen MR) is 64.3 cm³/mol. The van der Waals surface area contributed by atoms with E-state index in [2.05, 4.69) is 34.6 Å². The predicted octanol–water partition coefficient (Wildman–Crippen LogP) is 4.44. The first kappa shape index (κ1) is 13.0. The van der Waals surface area contributed by atoms with Crippen molar-refractivity contribution in [2.75, 3.05) is 0 Å². The number of rotatable bonds is 2. The first-order valence-corrected chi connectivity index (χ1v) is 6.36. The fourth-order valence-corrected chi connectivity index (χ4v) is 3.36. The molecule has 0 saturated heterocycles. The van der Waals surface area contributed by atoms with Crippen molar-refractivity contribution < 1.29 is 5.11 Å². The van der Waals surface area contributed by atoms with Crippen molar-refractivity contribution in [3.63, 3.8) is 0 Å². The van der Waals surface area contributed by atoms with Gasteiger partial charge in [-0.1, -0.05) is 34.6 Å². The van der Waals surface area contributed by atoms with E-state index in [9.17, 15) is 5.11 Å². The molecule has 0 atom stereocenters. The van der Waals surface area contributed by atoms with Gasteiger partial charge < -0.3 is 0 Å². The topological polar surface area (TPSA) is 19.9 Å². The average molecular weight is 211 g/mol. The molecule has 0 spiro atoms. The molecule has 0 unspecified atom stereocenters. The largest absolute Gasteiger partial charge is 0.233 e. The van der Waals surface area contributed by atoms with Crippen LogP contribution in [0.5, 0.6) is 0 Å². The van der Waals surface area contributed by atoms with Gasteiger partial charge in [0.25, 0.3) is 0 Å². The lowest BCUT2D eigenvalue weighted by Crippen LogP contribution is -2.32. The van der Waals surface area contributed by atoms with Gasteiger partial charge in [0.1, 0.15) is 0 Å². The van der Waals surface area contributed by atoms with Gasteiger partial charge >= 0.3 is 0 Å². The lowest BCUT2D eigenvalue weighted by atomic mass is 9.64. The molecule has 0 aromatic rings. The zero-order valence-electron chi connectivity index (χ0n) is 11.1. The summed E-state index contributed by atoms with van der Waals surface area (Å²) in [5.41, 5.74) is 0.802. The summed E-state index contributed by atoms with van der Waals surface area (Å²) in [5, 5.41) is 11.3. The van der Waals surface area contributed by atoms with E-state index in [0.717, 1.165) is 31.6 Å². The van der Waals surface area contributed by atoms with Crippen molar-refractivity contribution in [3.8, 4) is 0 Å². The van der Waals surface area contributed by atoms with Crippen LogP contribution in [0.2, 0.25) is 0 Å². The normalized spacial score (nSPS) is 29.2. The minimum atomic E-state index is -0.272. The summed E-state index contributed by atoms with van der Waals surface area (Å²) in [6, 6.07) is 0. The van der Waals surface area contributed by atoms with Crippen LogP contribution in [0.15, 0.2) is 0 Å². The summed E-state index contributed by atoms with van der Waals surface area (Å²) in [6.07, 6.45) is 5.09. The van der Waals surface area contributed by atoms with E-state index in [-0.39, 0.29) is 6.10 Å². The van der Waals surface area contributed by atoms with Crippen LogP contribution in [0.3, 0.4) is 0 Å². The van der Waals surface area contributed by atoms with E-state index >= 15 is 0 Å². The summed E-state index contributed by atoms with van der Waals surface area (Å²) in [6.45, 7) is 11.7. The zero-order valence-corrected chi connectivity index (χ0v) is 11.1. The van der Waals surface area contributed by atoms with Gasteiger partial charge in [0.15, 0.2) is 0 Å². The molecule has 15 heavy (non-hydrogen) atoms. The van der Waals surface area contributed by atoms with E-state index in [0.29, 0.717) is 10.8 Å². The maximum Gasteiger partial charge on any atom is 0.0930 e. The SMILES string of the molecule is CC(C)(C)CC(C)(C)C1CCC([O])CC1. The maximum atomic E-state index is 11.3. The number of hydrogen-bond acceptors (Lipinski definition) is 0. The van der Waals surface area contributed by atoms with Gasteiger partial charge in [0.2, 0.25) is 0 Å². The van der Waals surface area contributed by atoms with Gasteiger partial charge in [-0.15, -0.1) is 0 Å². The van der Waals surface area contributed by atoms with Crippen LogP contribution >= 0.6 is 0 Å². The molecule has 1 aliphatic rings. The zero-order chi connectivity index (χ0) is 11.7. The molecule has 0 bridgehead atoms. The van der Waals surface area contributed by atoms with Crippen LogP contribution < -0.4 is 0 Å². The first-order valence-electron chi connectivity index (χ1n) is 6.36. The molecular formula is C14H27O. The summed E-state index contributed by atoms with van der Waals surface area (Å²) in [7, 11) is 0. The molecule has 0 heterocycles. The third-order valence-corrected chi connectivity index (χ3v) is 3.77. The maximum absolute atomic E-state index is 11.3. The van der Waals surface area contributed by atoms with E-state index < -0.39 is 0 Å². The molecule has 1 rings (SSSR count). The van der Waals surface area contributed by atoms with Gasteiger partial charge in [-0.05, 0) is 48.9 Å². The highest BCUT2D eigenvalue weighted by atomic mass is 16.3. The van der Waals surface area contributed by atoms with Gasteiger partial charge in [0, 0.05) is 0 Å². The molecule has 1 saturated carbocycles.